The van der Waals surface area contributed by atoms with E-state index >= 15 is 0 Å². The van der Waals surface area contributed by atoms with Gasteiger partial charge in [0.1, 0.15) is 5.82 Å². The number of halogens is 2. The Kier molecular flexibility index (Phi) is 2.50. The minimum absolute atomic E-state index is 0.0518. The highest BCUT2D eigenvalue weighted by Crippen LogP contribution is 2.45. The van der Waals surface area contributed by atoms with E-state index in [2.05, 4.69) is 0 Å². The van der Waals surface area contributed by atoms with Crippen molar-refractivity contribution in [2.24, 2.45) is 0 Å². The third kappa shape index (κ3) is 1.43. The topological polar surface area (TPSA) is 20.2 Å². The molecule has 0 heterocycles. The van der Waals surface area contributed by atoms with E-state index in [0.29, 0.717) is 5.02 Å². The molecule has 0 unspecified atom stereocenters. The molecule has 1 aliphatic carbocycles. The molecule has 1 fully saturated rings. The predicted octanol–water partition coefficient (Wildman–Crippen LogP) is 2.89. The first-order valence-electron chi connectivity index (χ1n) is 4.74. The summed E-state index contributed by atoms with van der Waals surface area (Å²) in [6.07, 6.45) is 2.87. The molecule has 1 aliphatic rings. The zero-order chi connectivity index (χ0) is 10.2. The van der Waals surface area contributed by atoms with Gasteiger partial charge in [0.05, 0.1) is 6.61 Å². The highest BCUT2D eigenvalue weighted by atomic mass is 35.5. The fraction of sp³-hybridized carbons (Fsp3) is 0.455. The zero-order valence-corrected chi connectivity index (χ0v) is 8.52. The fourth-order valence-electron chi connectivity index (χ4n) is 2.02. The third-order valence-electron chi connectivity index (χ3n) is 3.11. The van der Waals surface area contributed by atoms with Crippen molar-refractivity contribution in [3.8, 4) is 0 Å². The van der Waals surface area contributed by atoms with Crippen LogP contribution in [0, 0.1) is 5.82 Å². The van der Waals surface area contributed by atoms with Crippen LogP contribution in [-0.4, -0.2) is 11.7 Å². The lowest BCUT2D eigenvalue weighted by Gasteiger charge is -2.41. The maximum Gasteiger partial charge on any atom is 0.123 e. The molecule has 0 aromatic heterocycles. The first-order valence-corrected chi connectivity index (χ1v) is 5.12. The van der Waals surface area contributed by atoms with Gasteiger partial charge in [-0.2, -0.15) is 0 Å². The van der Waals surface area contributed by atoms with Crippen LogP contribution < -0.4 is 0 Å². The lowest BCUT2D eigenvalue weighted by atomic mass is 9.65. The van der Waals surface area contributed by atoms with Crippen LogP contribution >= 0.6 is 11.6 Å². The third-order valence-corrected chi connectivity index (χ3v) is 3.44. The normalized spacial score (nSPS) is 19.1. The van der Waals surface area contributed by atoms with E-state index in [9.17, 15) is 9.50 Å². The molecule has 0 spiro atoms. The van der Waals surface area contributed by atoms with E-state index < -0.39 is 0 Å². The molecule has 2 rings (SSSR count). The summed E-state index contributed by atoms with van der Waals surface area (Å²) in [6, 6.07) is 4.34. The SMILES string of the molecule is OCC1(c2cc(F)ccc2Cl)CCC1. The Balaban J connectivity index is 2.43. The second-order valence-corrected chi connectivity index (χ2v) is 4.32. The first kappa shape index (κ1) is 9.94. The standard InChI is InChI=1S/C11H12ClFO/c12-10-3-2-8(13)6-9(10)11(7-14)4-1-5-11/h2-3,6,14H,1,4-5,7H2. The van der Waals surface area contributed by atoms with Crippen molar-refractivity contribution in [1.82, 2.24) is 0 Å². The first-order chi connectivity index (χ1) is 6.68. The molecule has 1 N–H and O–H groups in total. The smallest absolute Gasteiger partial charge is 0.123 e. The maximum atomic E-state index is 13.0. The Bertz CT molecular complexity index is 342. The van der Waals surface area contributed by atoms with Crippen LogP contribution in [-0.2, 0) is 5.41 Å². The summed E-state index contributed by atoms with van der Waals surface area (Å²) >= 11 is 5.99. The van der Waals surface area contributed by atoms with Crippen LogP contribution in [0.25, 0.3) is 0 Å². The molecular formula is C11H12ClFO. The monoisotopic (exact) mass is 214 g/mol. The molecule has 1 aromatic carbocycles. The second kappa shape index (κ2) is 3.52. The number of benzene rings is 1. The van der Waals surface area contributed by atoms with E-state index in [-0.39, 0.29) is 17.8 Å². The average Bonchev–Trinajstić information content (AvgIpc) is 2.10. The van der Waals surface area contributed by atoms with Crippen LogP contribution in [0.5, 0.6) is 0 Å². The number of hydrogen-bond acceptors (Lipinski definition) is 1. The van der Waals surface area contributed by atoms with Crippen molar-refractivity contribution in [2.45, 2.75) is 24.7 Å². The van der Waals surface area contributed by atoms with Crippen LogP contribution in [0.1, 0.15) is 24.8 Å². The summed E-state index contributed by atoms with van der Waals surface area (Å²) < 4.78 is 13.0. The average molecular weight is 215 g/mol. The van der Waals surface area contributed by atoms with Gasteiger partial charge in [-0.15, -0.1) is 0 Å². The van der Waals surface area contributed by atoms with Gasteiger partial charge in [-0.25, -0.2) is 4.39 Å². The van der Waals surface area contributed by atoms with E-state index in [4.69, 9.17) is 11.6 Å². The van der Waals surface area contributed by atoms with Crippen molar-refractivity contribution in [3.05, 3.63) is 34.6 Å². The van der Waals surface area contributed by atoms with Gasteiger partial charge in [0, 0.05) is 10.4 Å². The van der Waals surface area contributed by atoms with Crippen LogP contribution in [0.15, 0.2) is 18.2 Å². The summed E-state index contributed by atoms with van der Waals surface area (Å²) in [6.45, 7) is 0.0518. The van der Waals surface area contributed by atoms with Crippen LogP contribution in [0.3, 0.4) is 0 Å². The Morgan fingerprint density at radius 1 is 1.43 bits per heavy atom. The van der Waals surface area contributed by atoms with Crippen molar-refractivity contribution >= 4 is 11.6 Å². The predicted molar refractivity (Wildman–Crippen MR) is 54.0 cm³/mol. The second-order valence-electron chi connectivity index (χ2n) is 3.92. The summed E-state index contributed by atoms with van der Waals surface area (Å²) in [5.74, 6) is -0.288. The maximum absolute atomic E-state index is 13.0. The quantitative estimate of drug-likeness (QED) is 0.803. The lowest BCUT2D eigenvalue weighted by Crippen LogP contribution is -2.38. The summed E-state index contributed by atoms with van der Waals surface area (Å²) in [5, 5.41) is 9.88. The molecule has 0 saturated heterocycles. The molecule has 0 bridgehead atoms. The van der Waals surface area contributed by atoms with Crippen LogP contribution in [0.2, 0.25) is 5.02 Å². The van der Waals surface area contributed by atoms with E-state index in [1.807, 2.05) is 0 Å². The highest BCUT2D eigenvalue weighted by molar-refractivity contribution is 6.31. The van der Waals surface area contributed by atoms with Gasteiger partial charge in [-0.1, -0.05) is 18.0 Å². The molecular weight excluding hydrogens is 203 g/mol. The lowest BCUT2D eigenvalue weighted by molar-refractivity contribution is 0.120. The Morgan fingerprint density at radius 3 is 2.64 bits per heavy atom. The number of aliphatic hydroxyl groups excluding tert-OH is 1. The molecule has 76 valence electrons. The molecule has 0 amide bonds. The van der Waals surface area contributed by atoms with Crippen molar-refractivity contribution < 1.29 is 9.50 Å². The molecule has 1 aromatic rings. The van der Waals surface area contributed by atoms with Gasteiger partial charge in [0.15, 0.2) is 0 Å². The number of rotatable bonds is 2. The molecule has 1 saturated carbocycles. The molecule has 0 atom stereocenters. The Morgan fingerprint density at radius 2 is 2.14 bits per heavy atom. The minimum Gasteiger partial charge on any atom is -0.395 e. The van der Waals surface area contributed by atoms with Crippen LogP contribution in [0.4, 0.5) is 4.39 Å². The Hall–Kier alpha value is -0.600. The zero-order valence-electron chi connectivity index (χ0n) is 7.76. The van der Waals surface area contributed by atoms with Crippen molar-refractivity contribution in [1.29, 1.82) is 0 Å². The molecule has 3 heteroatoms. The Labute approximate surface area is 87.5 Å². The summed E-state index contributed by atoms with van der Waals surface area (Å²) in [4.78, 5) is 0. The van der Waals surface area contributed by atoms with E-state index in [1.54, 1.807) is 6.07 Å². The van der Waals surface area contributed by atoms with Gasteiger partial charge >= 0.3 is 0 Å². The van der Waals surface area contributed by atoms with E-state index in [0.717, 1.165) is 24.8 Å². The van der Waals surface area contributed by atoms with Gasteiger partial charge in [0.25, 0.3) is 0 Å². The van der Waals surface area contributed by atoms with Gasteiger partial charge in [0.2, 0.25) is 0 Å². The highest BCUT2D eigenvalue weighted by Gasteiger charge is 2.39. The van der Waals surface area contributed by atoms with Gasteiger partial charge in [-0.05, 0) is 36.6 Å². The van der Waals surface area contributed by atoms with Crippen molar-refractivity contribution in [2.75, 3.05) is 6.61 Å². The molecule has 0 radical (unpaired) electrons. The number of aliphatic hydroxyl groups is 1. The summed E-state index contributed by atoms with van der Waals surface area (Å²) in [7, 11) is 0. The van der Waals surface area contributed by atoms with Gasteiger partial charge in [-0.3, -0.25) is 0 Å². The number of hydrogen-bond donors (Lipinski definition) is 1. The van der Waals surface area contributed by atoms with Gasteiger partial charge < -0.3 is 5.11 Å². The minimum atomic E-state index is -0.288. The fourth-order valence-corrected chi connectivity index (χ4v) is 2.34. The summed E-state index contributed by atoms with van der Waals surface area (Å²) in [5.41, 5.74) is 0.479. The molecule has 1 nitrogen and oxygen atoms in total. The van der Waals surface area contributed by atoms with Crippen molar-refractivity contribution in [3.63, 3.8) is 0 Å². The van der Waals surface area contributed by atoms with E-state index in [1.165, 1.54) is 12.1 Å². The molecule has 14 heavy (non-hydrogen) atoms. The largest absolute Gasteiger partial charge is 0.395 e. The molecule has 0 aliphatic heterocycles.